The summed E-state index contributed by atoms with van der Waals surface area (Å²) in [6.07, 6.45) is 4.19. The topological polar surface area (TPSA) is 71.9 Å². The van der Waals surface area contributed by atoms with E-state index < -0.39 is 5.60 Å². The lowest BCUT2D eigenvalue weighted by molar-refractivity contribution is -0.131. The van der Waals surface area contributed by atoms with E-state index in [0.29, 0.717) is 42.8 Å². The summed E-state index contributed by atoms with van der Waals surface area (Å²) in [7, 11) is 1.63. The molecule has 1 aromatic heterocycles. The van der Waals surface area contributed by atoms with Crippen LogP contribution in [0.25, 0.3) is 10.9 Å². The van der Waals surface area contributed by atoms with E-state index in [1.54, 1.807) is 14.0 Å². The molecule has 2 aromatic carbocycles. The number of aromatic nitrogens is 1. The molecule has 196 valence electrons. The molecular formula is C30H35ClN2O4. The number of fused-ring (bicyclic) bond motifs is 1. The third-order valence-electron chi connectivity index (χ3n) is 8.19. The minimum atomic E-state index is -1.22. The highest BCUT2D eigenvalue weighted by molar-refractivity contribution is 6.36. The number of rotatable bonds is 6. The number of piperidine rings is 1. The van der Waals surface area contributed by atoms with Gasteiger partial charge in [-0.25, -0.2) is 4.98 Å². The molecule has 2 aliphatic heterocycles. The van der Waals surface area contributed by atoms with Crippen LogP contribution in [-0.2, 0) is 21.6 Å². The van der Waals surface area contributed by atoms with Gasteiger partial charge < -0.3 is 19.5 Å². The van der Waals surface area contributed by atoms with Gasteiger partial charge in [0.25, 0.3) is 0 Å². The number of halogens is 1. The second kappa shape index (κ2) is 11.0. The van der Waals surface area contributed by atoms with Gasteiger partial charge in [-0.15, -0.1) is 0 Å². The van der Waals surface area contributed by atoms with Gasteiger partial charge >= 0.3 is 0 Å². The molecule has 0 bridgehead atoms. The number of ether oxygens (including phenoxy) is 2. The molecule has 2 aliphatic rings. The van der Waals surface area contributed by atoms with Gasteiger partial charge in [-0.1, -0.05) is 48.0 Å². The van der Waals surface area contributed by atoms with E-state index >= 15 is 0 Å². The Balaban J connectivity index is 1.58. The Hall–Kier alpha value is -2.67. The van der Waals surface area contributed by atoms with E-state index in [9.17, 15) is 9.90 Å². The molecule has 1 amide bonds. The molecule has 1 N–H and O–H groups in total. The lowest BCUT2D eigenvalue weighted by Gasteiger charge is -2.42. The summed E-state index contributed by atoms with van der Waals surface area (Å²) < 4.78 is 11.2. The summed E-state index contributed by atoms with van der Waals surface area (Å²) in [5, 5.41) is 13.9. The van der Waals surface area contributed by atoms with Crippen LogP contribution in [0.4, 0.5) is 0 Å². The van der Waals surface area contributed by atoms with Gasteiger partial charge in [-0.05, 0) is 67.2 Å². The molecule has 3 aromatic rings. The Morgan fingerprint density at radius 2 is 1.81 bits per heavy atom. The SMILES string of the molecule is COc1nc2ccc(C(O)(c3ccccc3)C3CCN(C(C)=O)CC3)cc2c(Cl)c1CC1CCOCC1. The Bertz CT molecular complexity index is 1250. The van der Waals surface area contributed by atoms with Crippen LogP contribution in [0.2, 0.25) is 5.02 Å². The first-order valence-corrected chi connectivity index (χ1v) is 13.6. The van der Waals surface area contributed by atoms with Crippen molar-refractivity contribution >= 4 is 28.4 Å². The molecule has 7 heteroatoms. The number of likely N-dealkylation sites (tertiary alicyclic amines) is 1. The first-order valence-electron chi connectivity index (χ1n) is 13.2. The largest absolute Gasteiger partial charge is 0.481 e. The number of carbonyl (C=O) groups excluding carboxylic acids is 1. The number of aliphatic hydroxyl groups is 1. The first kappa shape index (κ1) is 26.0. The van der Waals surface area contributed by atoms with Crippen molar-refractivity contribution in [1.82, 2.24) is 9.88 Å². The lowest BCUT2D eigenvalue weighted by atomic mass is 9.72. The maximum atomic E-state index is 12.5. The smallest absolute Gasteiger partial charge is 0.219 e. The van der Waals surface area contributed by atoms with Crippen molar-refractivity contribution in [3.8, 4) is 5.88 Å². The average molecular weight is 523 g/mol. The molecule has 37 heavy (non-hydrogen) atoms. The number of benzene rings is 2. The number of carbonyl (C=O) groups is 1. The van der Waals surface area contributed by atoms with Crippen molar-refractivity contribution in [2.75, 3.05) is 33.4 Å². The van der Waals surface area contributed by atoms with Crippen molar-refractivity contribution < 1.29 is 19.4 Å². The quantitative estimate of drug-likeness (QED) is 0.472. The summed E-state index contributed by atoms with van der Waals surface area (Å²) in [5.41, 5.74) is 2.07. The van der Waals surface area contributed by atoms with E-state index in [1.165, 1.54) is 0 Å². The van der Waals surface area contributed by atoms with Crippen molar-refractivity contribution in [2.45, 2.75) is 44.6 Å². The average Bonchev–Trinajstić information content (AvgIpc) is 2.95. The number of amides is 1. The fourth-order valence-corrected chi connectivity index (χ4v) is 6.32. The summed E-state index contributed by atoms with van der Waals surface area (Å²) in [6, 6.07) is 15.7. The van der Waals surface area contributed by atoms with Gasteiger partial charge in [0.05, 0.1) is 17.6 Å². The normalized spacial score (nSPS) is 19.1. The molecule has 0 radical (unpaired) electrons. The monoisotopic (exact) mass is 522 g/mol. The number of hydrogen-bond donors (Lipinski definition) is 1. The summed E-state index contributed by atoms with van der Waals surface area (Å²) in [6.45, 7) is 4.41. The minimum absolute atomic E-state index is 0.0466. The van der Waals surface area contributed by atoms with Crippen LogP contribution < -0.4 is 4.74 Å². The standard InChI is InChI=1S/C30H35ClN2O4/c1-20(34)33-14-10-23(11-15-33)30(35,22-6-4-3-5-7-22)24-8-9-27-25(19-24)28(31)26(29(32-27)36-2)18-21-12-16-37-17-13-21/h3-9,19,21,23,35H,10-18H2,1-2H3. The zero-order valence-electron chi connectivity index (χ0n) is 21.6. The fraction of sp³-hybridized carbons (Fsp3) is 0.467. The van der Waals surface area contributed by atoms with Gasteiger partial charge in [0.15, 0.2) is 0 Å². The predicted molar refractivity (Wildman–Crippen MR) is 145 cm³/mol. The van der Waals surface area contributed by atoms with Crippen LogP contribution in [0.5, 0.6) is 5.88 Å². The highest BCUT2D eigenvalue weighted by Gasteiger charge is 2.42. The van der Waals surface area contributed by atoms with Gasteiger partial charge in [-0.2, -0.15) is 0 Å². The van der Waals surface area contributed by atoms with Crippen LogP contribution in [0.15, 0.2) is 48.5 Å². The first-order chi connectivity index (χ1) is 17.9. The van der Waals surface area contributed by atoms with E-state index in [4.69, 9.17) is 26.1 Å². The lowest BCUT2D eigenvalue weighted by Crippen LogP contribution is -2.45. The predicted octanol–water partition coefficient (Wildman–Crippen LogP) is 5.36. The Morgan fingerprint density at radius 1 is 1.11 bits per heavy atom. The highest BCUT2D eigenvalue weighted by Crippen LogP contribution is 2.44. The Morgan fingerprint density at radius 3 is 2.46 bits per heavy atom. The summed E-state index contributed by atoms with van der Waals surface area (Å²) in [4.78, 5) is 18.6. The van der Waals surface area contributed by atoms with Gasteiger partial charge in [-0.3, -0.25) is 4.79 Å². The molecular weight excluding hydrogens is 488 g/mol. The number of pyridine rings is 1. The molecule has 1 unspecified atom stereocenters. The van der Waals surface area contributed by atoms with Crippen molar-refractivity contribution in [1.29, 1.82) is 0 Å². The molecule has 2 fully saturated rings. The van der Waals surface area contributed by atoms with Crippen molar-refractivity contribution in [3.05, 3.63) is 70.2 Å². The molecule has 1 atom stereocenters. The second-order valence-corrected chi connectivity index (χ2v) is 10.7. The fourth-order valence-electron chi connectivity index (χ4n) is 6.01. The Kier molecular flexibility index (Phi) is 7.70. The summed E-state index contributed by atoms with van der Waals surface area (Å²) >= 11 is 7.08. The van der Waals surface area contributed by atoms with Gasteiger partial charge in [0, 0.05) is 44.2 Å². The molecule has 0 saturated carbocycles. The molecule has 5 rings (SSSR count). The zero-order valence-corrected chi connectivity index (χ0v) is 22.3. The van der Waals surface area contributed by atoms with Gasteiger partial charge in [0.1, 0.15) is 5.60 Å². The van der Waals surface area contributed by atoms with Crippen LogP contribution in [-0.4, -0.2) is 54.3 Å². The van der Waals surface area contributed by atoms with Crippen molar-refractivity contribution in [2.24, 2.45) is 11.8 Å². The molecule has 3 heterocycles. The number of nitrogens with zero attached hydrogens (tertiary/aromatic N) is 2. The van der Waals surface area contributed by atoms with Crippen molar-refractivity contribution in [3.63, 3.8) is 0 Å². The van der Waals surface area contributed by atoms with E-state index in [1.807, 2.05) is 53.4 Å². The maximum absolute atomic E-state index is 12.5. The van der Waals surface area contributed by atoms with E-state index in [-0.39, 0.29) is 11.8 Å². The van der Waals surface area contributed by atoms with Crippen LogP contribution in [0, 0.1) is 11.8 Å². The molecule has 0 aliphatic carbocycles. The number of methoxy groups -OCH3 is 1. The van der Waals surface area contributed by atoms with Crippen LogP contribution in [0.3, 0.4) is 0 Å². The van der Waals surface area contributed by atoms with Gasteiger partial charge in [0.2, 0.25) is 11.8 Å². The zero-order chi connectivity index (χ0) is 26.0. The minimum Gasteiger partial charge on any atom is -0.481 e. The van der Waals surface area contributed by atoms with E-state index in [2.05, 4.69) is 0 Å². The third kappa shape index (κ3) is 5.07. The maximum Gasteiger partial charge on any atom is 0.219 e. The van der Waals surface area contributed by atoms with E-state index in [0.717, 1.165) is 60.1 Å². The molecule has 6 nitrogen and oxygen atoms in total. The highest BCUT2D eigenvalue weighted by atomic mass is 35.5. The van der Waals surface area contributed by atoms with Crippen LogP contribution >= 0.6 is 11.6 Å². The van der Waals surface area contributed by atoms with Crippen LogP contribution in [0.1, 0.15) is 49.3 Å². The molecule has 2 saturated heterocycles. The second-order valence-electron chi connectivity index (χ2n) is 10.3. The molecule has 0 spiro atoms. The Labute approximate surface area is 223 Å². The summed E-state index contributed by atoms with van der Waals surface area (Å²) in [5.74, 6) is 1.06. The third-order valence-corrected chi connectivity index (χ3v) is 8.62. The number of hydrogen-bond acceptors (Lipinski definition) is 5.